The van der Waals surface area contributed by atoms with Gasteiger partial charge in [-0.05, 0) is 18.1 Å². The van der Waals surface area contributed by atoms with E-state index in [0.29, 0.717) is 11.8 Å². The molecule has 0 aromatic rings. The van der Waals surface area contributed by atoms with E-state index < -0.39 is 0 Å². The van der Waals surface area contributed by atoms with Crippen molar-refractivity contribution in [2.75, 3.05) is 6.26 Å². The Morgan fingerprint density at radius 1 is 1.31 bits per heavy atom. The van der Waals surface area contributed by atoms with Crippen molar-refractivity contribution in [2.45, 2.75) is 39.7 Å². The predicted octanol–water partition coefficient (Wildman–Crippen LogP) is 3.13. The lowest BCUT2D eigenvalue weighted by molar-refractivity contribution is -0.0869. The molecule has 0 spiro atoms. The molecule has 13 heavy (non-hydrogen) atoms. The first kappa shape index (κ1) is 10.9. The van der Waals surface area contributed by atoms with Gasteiger partial charge in [0, 0.05) is 6.42 Å². The minimum absolute atomic E-state index is 0.0572. The Hall–Kier alpha value is -0.180. The lowest BCUT2D eigenvalue weighted by Crippen LogP contribution is -2.40. The van der Waals surface area contributed by atoms with Crippen molar-refractivity contribution in [1.29, 1.82) is 0 Å². The van der Waals surface area contributed by atoms with Gasteiger partial charge in [0.05, 0.1) is 0 Å². The van der Waals surface area contributed by atoms with Crippen LogP contribution in [0.5, 0.6) is 0 Å². The van der Waals surface area contributed by atoms with Crippen molar-refractivity contribution in [3.8, 4) is 0 Å². The Bertz CT molecular complexity index is 203. The van der Waals surface area contributed by atoms with Crippen molar-refractivity contribution in [2.24, 2.45) is 17.0 Å². The summed E-state index contributed by atoms with van der Waals surface area (Å²) in [7, 11) is 0. The van der Waals surface area contributed by atoms with Crippen LogP contribution < -0.4 is 0 Å². The minimum atomic E-state index is -0.0572. The lowest BCUT2D eigenvalue weighted by atomic mass is 9.78. The van der Waals surface area contributed by atoms with Gasteiger partial charge in [0.25, 0.3) is 0 Å². The van der Waals surface area contributed by atoms with Gasteiger partial charge in [0.2, 0.25) is 0 Å². The zero-order chi connectivity index (χ0) is 10.1. The average molecular weight is 201 g/mol. The highest BCUT2D eigenvalue weighted by Crippen LogP contribution is 2.39. The van der Waals surface area contributed by atoms with E-state index in [1.54, 1.807) is 11.8 Å². The molecule has 0 aliphatic carbocycles. The van der Waals surface area contributed by atoms with Crippen LogP contribution in [0.2, 0.25) is 0 Å². The number of thioether (sulfide) groups is 1. The first-order valence-electron chi connectivity index (χ1n) is 4.82. The van der Waals surface area contributed by atoms with Crippen LogP contribution in [-0.4, -0.2) is 16.9 Å². The summed E-state index contributed by atoms with van der Waals surface area (Å²) >= 11 is 1.69. The van der Waals surface area contributed by atoms with Gasteiger partial charge >= 0.3 is 0 Å². The summed E-state index contributed by atoms with van der Waals surface area (Å²) < 4.78 is 0. The number of nitrogens with zero attached hydrogens (tertiary/aromatic N) is 1. The Balaban J connectivity index is 2.76. The fraction of sp³-hybridized carbons (Fsp3) is 0.900. The number of hydrogen-bond acceptors (Lipinski definition) is 3. The molecule has 0 fully saturated rings. The van der Waals surface area contributed by atoms with Gasteiger partial charge in [-0.2, -0.15) is 0 Å². The van der Waals surface area contributed by atoms with E-state index in [9.17, 15) is 0 Å². The van der Waals surface area contributed by atoms with Gasteiger partial charge in [0.1, 0.15) is 10.6 Å². The van der Waals surface area contributed by atoms with Gasteiger partial charge in [-0.25, -0.2) is 0 Å². The molecular formula is C10H19NOS. The normalized spacial score (nSPS) is 20.7. The molecule has 0 unspecified atom stereocenters. The van der Waals surface area contributed by atoms with E-state index in [2.05, 4.69) is 39.1 Å². The van der Waals surface area contributed by atoms with Crippen LogP contribution in [0, 0.1) is 11.8 Å². The maximum atomic E-state index is 5.63. The highest BCUT2D eigenvalue weighted by molar-refractivity contribution is 8.13. The molecule has 0 bridgehead atoms. The Labute approximate surface area is 85.1 Å². The second kappa shape index (κ2) is 3.91. The molecule has 0 aromatic carbocycles. The van der Waals surface area contributed by atoms with E-state index in [0.717, 1.165) is 11.5 Å². The lowest BCUT2D eigenvalue weighted by Gasteiger charge is -2.34. The van der Waals surface area contributed by atoms with Gasteiger partial charge in [-0.1, -0.05) is 32.9 Å². The third kappa shape index (κ3) is 1.85. The van der Waals surface area contributed by atoms with E-state index in [4.69, 9.17) is 4.84 Å². The number of rotatable bonds is 2. The van der Waals surface area contributed by atoms with Crippen molar-refractivity contribution in [3.05, 3.63) is 0 Å². The summed E-state index contributed by atoms with van der Waals surface area (Å²) in [5.41, 5.74) is -0.0572. The monoisotopic (exact) mass is 201 g/mol. The van der Waals surface area contributed by atoms with E-state index >= 15 is 0 Å². The molecule has 2 nitrogen and oxygen atoms in total. The third-order valence-electron chi connectivity index (χ3n) is 2.94. The van der Waals surface area contributed by atoms with Crippen LogP contribution in [-0.2, 0) is 4.84 Å². The molecule has 1 rings (SSSR count). The standard InChI is InChI=1S/C10H19NOS/c1-7(2)10(8(3)4)6-9(13-5)11-12-10/h7-8H,6H2,1-5H3. The van der Waals surface area contributed by atoms with Crippen molar-refractivity contribution >= 4 is 16.8 Å². The summed E-state index contributed by atoms with van der Waals surface area (Å²) in [6.07, 6.45) is 3.03. The molecule has 1 aliphatic rings. The fourth-order valence-electron chi connectivity index (χ4n) is 1.83. The van der Waals surface area contributed by atoms with Gasteiger partial charge in [-0.3, -0.25) is 0 Å². The summed E-state index contributed by atoms with van der Waals surface area (Å²) in [6.45, 7) is 8.83. The first-order valence-corrected chi connectivity index (χ1v) is 6.04. The largest absolute Gasteiger partial charge is 0.388 e. The van der Waals surface area contributed by atoms with Gasteiger partial charge in [-0.15, -0.1) is 11.8 Å². The van der Waals surface area contributed by atoms with E-state index in [-0.39, 0.29) is 5.60 Å². The zero-order valence-electron chi connectivity index (χ0n) is 9.13. The molecule has 0 radical (unpaired) electrons. The number of hydrogen-bond donors (Lipinski definition) is 0. The number of oxime groups is 1. The fourth-order valence-corrected chi connectivity index (χ4v) is 2.31. The molecule has 3 heteroatoms. The minimum Gasteiger partial charge on any atom is -0.388 e. The summed E-state index contributed by atoms with van der Waals surface area (Å²) in [6, 6.07) is 0. The Morgan fingerprint density at radius 3 is 2.08 bits per heavy atom. The molecular weight excluding hydrogens is 182 g/mol. The summed E-state index contributed by atoms with van der Waals surface area (Å²) in [5.74, 6) is 1.03. The highest BCUT2D eigenvalue weighted by atomic mass is 32.2. The average Bonchev–Trinajstić information content (AvgIpc) is 2.48. The molecule has 0 saturated heterocycles. The van der Waals surface area contributed by atoms with E-state index in [1.165, 1.54) is 0 Å². The van der Waals surface area contributed by atoms with Crippen LogP contribution in [0.3, 0.4) is 0 Å². The first-order chi connectivity index (χ1) is 6.03. The van der Waals surface area contributed by atoms with Crippen molar-refractivity contribution in [1.82, 2.24) is 0 Å². The molecule has 0 aromatic heterocycles. The second-order valence-electron chi connectivity index (χ2n) is 4.22. The van der Waals surface area contributed by atoms with Crippen LogP contribution in [0.25, 0.3) is 0 Å². The van der Waals surface area contributed by atoms with Crippen LogP contribution in [0.1, 0.15) is 34.1 Å². The zero-order valence-corrected chi connectivity index (χ0v) is 9.94. The molecule has 1 aliphatic heterocycles. The molecule has 0 saturated carbocycles. The van der Waals surface area contributed by atoms with Crippen molar-refractivity contribution in [3.63, 3.8) is 0 Å². The summed E-state index contributed by atoms with van der Waals surface area (Å²) in [4.78, 5) is 5.63. The summed E-state index contributed by atoms with van der Waals surface area (Å²) in [5, 5.41) is 5.26. The molecule has 0 atom stereocenters. The third-order valence-corrected chi connectivity index (χ3v) is 3.63. The predicted molar refractivity (Wildman–Crippen MR) is 59.1 cm³/mol. The van der Waals surface area contributed by atoms with Crippen LogP contribution in [0.4, 0.5) is 0 Å². The van der Waals surface area contributed by atoms with Gasteiger partial charge in [0.15, 0.2) is 0 Å². The topological polar surface area (TPSA) is 21.6 Å². The second-order valence-corrected chi connectivity index (χ2v) is 5.10. The van der Waals surface area contributed by atoms with Crippen LogP contribution >= 0.6 is 11.8 Å². The van der Waals surface area contributed by atoms with Crippen LogP contribution in [0.15, 0.2) is 5.16 Å². The quantitative estimate of drug-likeness (QED) is 0.684. The Morgan fingerprint density at radius 2 is 1.85 bits per heavy atom. The maximum absolute atomic E-state index is 5.63. The van der Waals surface area contributed by atoms with Crippen molar-refractivity contribution < 1.29 is 4.84 Å². The molecule has 0 amide bonds. The molecule has 1 heterocycles. The Kier molecular flexibility index (Phi) is 3.28. The SMILES string of the molecule is CSC1=NOC(C(C)C)(C(C)C)C1. The maximum Gasteiger partial charge on any atom is 0.148 e. The smallest absolute Gasteiger partial charge is 0.148 e. The van der Waals surface area contributed by atoms with Gasteiger partial charge < -0.3 is 4.84 Å². The van der Waals surface area contributed by atoms with E-state index in [1.807, 2.05) is 0 Å². The molecule has 76 valence electrons. The molecule has 0 N–H and O–H groups in total. The highest BCUT2D eigenvalue weighted by Gasteiger charge is 2.44.